The van der Waals surface area contributed by atoms with Gasteiger partial charge in [0.15, 0.2) is 5.41 Å². The molecule has 3 aliphatic rings. The average Bonchev–Trinajstić information content (AvgIpc) is 3.41. The van der Waals surface area contributed by atoms with Gasteiger partial charge in [0.2, 0.25) is 0 Å². The van der Waals surface area contributed by atoms with Gasteiger partial charge in [0, 0.05) is 17.9 Å². The number of anilines is 1. The summed E-state index contributed by atoms with van der Waals surface area (Å²) in [6, 6.07) is 17.2. The molecule has 3 atom stereocenters. The number of carbonyl (C=O) groups is 2. The van der Waals surface area contributed by atoms with Gasteiger partial charge in [-0.1, -0.05) is 48.5 Å². The first kappa shape index (κ1) is 19.8. The number of nitrogens with zero attached hydrogens (tertiary/aromatic N) is 1. The summed E-state index contributed by atoms with van der Waals surface area (Å²) in [4.78, 5) is 32.5. The van der Waals surface area contributed by atoms with Gasteiger partial charge < -0.3 is 14.8 Å². The normalized spacial score (nSPS) is 26.8. The number of fused-ring (bicyclic) bond motifs is 1. The number of hydrogen-bond acceptors (Lipinski definition) is 6. The largest absolute Gasteiger partial charge is 0.465 e. The van der Waals surface area contributed by atoms with E-state index in [1.54, 1.807) is 13.8 Å². The van der Waals surface area contributed by atoms with Gasteiger partial charge >= 0.3 is 11.9 Å². The van der Waals surface area contributed by atoms with Crippen molar-refractivity contribution in [1.82, 2.24) is 0 Å². The van der Waals surface area contributed by atoms with Gasteiger partial charge in [-0.2, -0.15) is 0 Å². The Hall–Kier alpha value is -3.15. The van der Waals surface area contributed by atoms with Crippen molar-refractivity contribution < 1.29 is 19.1 Å². The van der Waals surface area contributed by atoms with Crippen molar-refractivity contribution in [2.75, 3.05) is 25.1 Å². The van der Waals surface area contributed by atoms with Crippen molar-refractivity contribution in [1.29, 1.82) is 0 Å². The highest BCUT2D eigenvalue weighted by Gasteiger charge is 2.77. The highest BCUT2D eigenvalue weighted by molar-refractivity contribution is 6.19. The first-order chi connectivity index (χ1) is 15.1. The van der Waals surface area contributed by atoms with Crippen LogP contribution in [-0.4, -0.2) is 43.5 Å². The fraction of sp³-hybridized carbons (Fsp3) is 0.400. The Morgan fingerprint density at radius 3 is 2.32 bits per heavy atom. The molecule has 31 heavy (non-hydrogen) atoms. The predicted molar refractivity (Wildman–Crippen MR) is 117 cm³/mol. The lowest BCUT2D eigenvalue weighted by atomic mass is 9.69. The van der Waals surface area contributed by atoms with E-state index in [4.69, 9.17) is 14.5 Å². The molecule has 1 N–H and O–H groups in total. The quantitative estimate of drug-likeness (QED) is 0.594. The Morgan fingerprint density at radius 2 is 1.65 bits per heavy atom. The molecule has 2 aromatic rings. The molecule has 1 saturated carbocycles. The van der Waals surface area contributed by atoms with Crippen LogP contribution in [0.15, 0.2) is 59.6 Å². The number of benzene rings is 2. The minimum Gasteiger partial charge on any atom is -0.465 e. The standard InChI is InChI=1S/C25H26N2O4/c1-3-30-22(28)25(23(29)31-4-2)19(16-10-6-5-7-11-16)20-24(14-15-26-20)17-12-8-9-13-18(17)27-21(24)25/h5-13,19,21,27H,3-4,14-15H2,1-2H3/t19-,21-,24-/m1/s1. The summed E-state index contributed by atoms with van der Waals surface area (Å²) in [5.41, 5.74) is 1.67. The molecule has 2 aromatic carbocycles. The highest BCUT2D eigenvalue weighted by atomic mass is 16.6. The van der Waals surface area contributed by atoms with Crippen LogP contribution in [0.3, 0.4) is 0 Å². The lowest BCUT2D eigenvalue weighted by Gasteiger charge is -2.36. The third-order valence-electron chi connectivity index (χ3n) is 6.99. The lowest BCUT2D eigenvalue weighted by molar-refractivity contribution is -0.173. The van der Waals surface area contributed by atoms with Gasteiger partial charge in [0.25, 0.3) is 0 Å². The molecule has 0 radical (unpaired) electrons. The summed E-state index contributed by atoms with van der Waals surface area (Å²) in [7, 11) is 0. The Labute approximate surface area is 181 Å². The second-order valence-electron chi connectivity index (χ2n) is 8.26. The zero-order valence-corrected chi connectivity index (χ0v) is 17.8. The fourth-order valence-corrected chi connectivity index (χ4v) is 5.97. The number of para-hydroxylation sites is 1. The van der Waals surface area contributed by atoms with Crippen molar-refractivity contribution in [2.45, 2.75) is 37.6 Å². The second kappa shape index (κ2) is 7.22. The molecule has 0 aromatic heterocycles. The lowest BCUT2D eigenvalue weighted by Crippen LogP contribution is -2.56. The van der Waals surface area contributed by atoms with E-state index in [-0.39, 0.29) is 13.2 Å². The van der Waals surface area contributed by atoms with Gasteiger partial charge in [-0.25, -0.2) is 0 Å². The van der Waals surface area contributed by atoms with Crippen LogP contribution < -0.4 is 5.32 Å². The molecule has 6 heteroatoms. The van der Waals surface area contributed by atoms with Crippen LogP contribution in [0, 0.1) is 5.41 Å². The third kappa shape index (κ3) is 2.42. The van der Waals surface area contributed by atoms with E-state index in [1.165, 1.54) is 0 Å². The maximum absolute atomic E-state index is 13.8. The summed E-state index contributed by atoms with van der Waals surface area (Å²) < 4.78 is 11.2. The highest BCUT2D eigenvalue weighted by Crippen LogP contribution is 2.65. The SMILES string of the molecule is CCOC(=O)C1(C(=O)OCC)[C@H](c2ccccc2)C2=NCC[C@@]23c2ccccc2N[C@@H]13. The van der Waals surface area contributed by atoms with Crippen molar-refractivity contribution in [3.63, 3.8) is 0 Å². The van der Waals surface area contributed by atoms with Crippen LogP contribution in [0.4, 0.5) is 5.69 Å². The smallest absolute Gasteiger partial charge is 0.326 e. The van der Waals surface area contributed by atoms with Crippen molar-refractivity contribution in [3.8, 4) is 0 Å². The van der Waals surface area contributed by atoms with Crippen molar-refractivity contribution >= 4 is 23.3 Å². The number of rotatable bonds is 5. The van der Waals surface area contributed by atoms with Gasteiger partial charge in [-0.15, -0.1) is 0 Å². The van der Waals surface area contributed by atoms with Gasteiger partial charge in [-0.3, -0.25) is 14.6 Å². The molecule has 2 aliphatic heterocycles. The van der Waals surface area contributed by atoms with Crippen LogP contribution in [0.25, 0.3) is 0 Å². The van der Waals surface area contributed by atoms with E-state index < -0.39 is 34.7 Å². The van der Waals surface area contributed by atoms with E-state index in [1.807, 2.05) is 48.5 Å². The molecule has 0 unspecified atom stereocenters. The van der Waals surface area contributed by atoms with E-state index in [0.717, 1.165) is 28.9 Å². The molecular weight excluding hydrogens is 392 g/mol. The number of nitrogens with one attached hydrogen (secondary N) is 1. The number of carbonyl (C=O) groups excluding carboxylic acids is 2. The van der Waals surface area contributed by atoms with Crippen LogP contribution in [0.1, 0.15) is 37.3 Å². The van der Waals surface area contributed by atoms with E-state index in [2.05, 4.69) is 11.4 Å². The zero-order valence-electron chi connectivity index (χ0n) is 17.8. The molecular formula is C25H26N2O4. The molecule has 1 spiro atoms. The maximum atomic E-state index is 13.8. The molecule has 0 bridgehead atoms. The number of ether oxygens (including phenoxy) is 2. The molecule has 0 saturated heterocycles. The van der Waals surface area contributed by atoms with Gasteiger partial charge in [0.05, 0.1) is 30.6 Å². The van der Waals surface area contributed by atoms with Crippen LogP contribution >= 0.6 is 0 Å². The Bertz CT molecular complexity index is 1050. The summed E-state index contributed by atoms with van der Waals surface area (Å²) in [6.45, 7) is 4.54. The molecule has 1 fully saturated rings. The van der Waals surface area contributed by atoms with Gasteiger partial charge in [-0.05, 0) is 37.5 Å². The summed E-state index contributed by atoms with van der Waals surface area (Å²) in [6.07, 6.45) is 0.737. The molecule has 2 heterocycles. The molecule has 5 rings (SSSR count). The first-order valence-corrected chi connectivity index (χ1v) is 10.9. The van der Waals surface area contributed by atoms with Crippen molar-refractivity contribution in [2.24, 2.45) is 10.4 Å². The monoisotopic (exact) mass is 418 g/mol. The summed E-state index contributed by atoms with van der Waals surface area (Å²) >= 11 is 0. The number of aliphatic imine (C=N–C) groups is 1. The Morgan fingerprint density at radius 1 is 1.00 bits per heavy atom. The number of esters is 2. The van der Waals surface area contributed by atoms with Crippen LogP contribution in [0.2, 0.25) is 0 Å². The summed E-state index contributed by atoms with van der Waals surface area (Å²) in [5, 5.41) is 3.55. The minimum atomic E-state index is -1.56. The van der Waals surface area contributed by atoms with Gasteiger partial charge in [0.1, 0.15) is 0 Å². The van der Waals surface area contributed by atoms with E-state index in [9.17, 15) is 9.59 Å². The second-order valence-corrected chi connectivity index (χ2v) is 8.26. The topological polar surface area (TPSA) is 77.0 Å². The summed E-state index contributed by atoms with van der Waals surface area (Å²) in [5.74, 6) is -1.66. The number of hydrogen-bond donors (Lipinski definition) is 1. The molecule has 160 valence electrons. The van der Waals surface area contributed by atoms with Crippen molar-refractivity contribution in [3.05, 3.63) is 65.7 Å². The molecule has 6 nitrogen and oxygen atoms in total. The van der Waals surface area contributed by atoms with E-state index >= 15 is 0 Å². The zero-order chi connectivity index (χ0) is 21.6. The Kier molecular flexibility index (Phi) is 4.61. The Balaban J connectivity index is 1.83. The maximum Gasteiger partial charge on any atom is 0.326 e. The van der Waals surface area contributed by atoms with Crippen LogP contribution in [-0.2, 0) is 24.5 Å². The fourth-order valence-electron chi connectivity index (χ4n) is 5.97. The van der Waals surface area contributed by atoms with E-state index in [0.29, 0.717) is 6.54 Å². The molecule has 0 amide bonds. The first-order valence-electron chi connectivity index (χ1n) is 10.9. The van der Waals surface area contributed by atoms with Crippen LogP contribution in [0.5, 0.6) is 0 Å². The predicted octanol–water partition coefficient (Wildman–Crippen LogP) is 3.47. The minimum absolute atomic E-state index is 0.181. The average molecular weight is 418 g/mol. The molecule has 1 aliphatic carbocycles. The third-order valence-corrected chi connectivity index (χ3v) is 6.99.